The van der Waals surface area contributed by atoms with Crippen molar-refractivity contribution in [3.8, 4) is 5.75 Å². The number of benzene rings is 3. The molecule has 33 heavy (non-hydrogen) atoms. The average Bonchev–Trinajstić information content (AvgIpc) is 3.35. The summed E-state index contributed by atoms with van der Waals surface area (Å²) in [6, 6.07) is 21.5. The van der Waals surface area contributed by atoms with Crippen LogP contribution in [0.4, 0.5) is 15.8 Å². The minimum absolute atomic E-state index is 0.347. The normalized spacial score (nSPS) is 22.1. The van der Waals surface area contributed by atoms with Crippen LogP contribution in [0.2, 0.25) is 0 Å². The van der Waals surface area contributed by atoms with Crippen LogP contribution in [-0.2, 0) is 14.4 Å². The van der Waals surface area contributed by atoms with Crippen LogP contribution in [0.15, 0.2) is 78.9 Å². The highest BCUT2D eigenvalue weighted by Gasteiger charge is 2.60. The zero-order chi connectivity index (χ0) is 22.9. The van der Waals surface area contributed by atoms with Crippen LogP contribution >= 0.6 is 0 Å². The second-order valence-electron chi connectivity index (χ2n) is 8.06. The van der Waals surface area contributed by atoms with Gasteiger partial charge in [-0.15, -0.1) is 0 Å². The van der Waals surface area contributed by atoms with Gasteiger partial charge >= 0.3 is 0 Å². The number of para-hydroxylation sites is 1. The smallest absolute Gasteiger partial charge is 0.266 e. The molecule has 2 heterocycles. The molecule has 0 spiro atoms. The molecule has 2 fully saturated rings. The number of nitrogens with zero attached hydrogens (tertiary/aromatic N) is 2. The number of amides is 2. The Kier molecular flexibility index (Phi) is 5.56. The van der Waals surface area contributed by atoms with Gasteiger partial charge in [0.15, 0.2) is 6.10 Å². The van der Waals surface area contributed by atoms with E-state index in [9.17, 15) is 14.0 Å². The topological polar surface area (TPSA) is 59.1 Å². The van der Waals surface area contributed by atoms with Gasteiger partial charge in [-0.3, -0.25) is 14.4 Å². The van der Waals surface area contributed by atoms with Gasteiger partial charge in [0, 0.05) is 0 Å². The molecule has 5 rings (SSSR count). The molecule has 0 aromatic heterocycles. The van der Waals surface area contributed by atoms with Crippen molar-refractivity contribution in [2.75, 3.05) is 16.6 Å². The molecule has 0 aliphatic carbocycles. The Balaban J connectivity index is 1.49. The van der Waals surface area contributed by atoms with Crippen LogP contribution in [0.25, 0.3) is 0 Å². The van der Waals surface area contributed by atoms with Gasteiger partial charge in [0.2, 0.25) is 5.91 Å². The maximum Gasteiger partial charge on any atom is 0.266 e. The minimum atomic E-state index is -0.969. The van der Waals surface area contributed by atoms with E-state index in [-0.39, 0.29) is 11.7 Å². The molecule has 2 saturated heterocycles. The lowest BCUT2D eigenvalue weighted by Crippen LogP contribution is -2.37. The van der Waals surface area contributed by atoms with E-state index in [1.54, 1.807) is 41.5 Å². The van der Waals surface area contributed by atoms with Gasteiger partial charge in [0.25, 0.3) is 5.91 Å². The van der Waals surface area contributed by atoms with E-state index < -0.39 is 24.0 Å². The average molecular weight is 446 g/mol. The van der Waals surface area contributed by atoms with Crippen LogP contribution in [-0.4, -0.2) is 24.5 Å². The summed E-state index contributed by atoms with van der Waals surface area (Å²) in [5.41, 5.74) is 1.88. The number of ether oxygens (including phenoxy) is 1. The van der Waals surface area contributed by atoms with Gasteiger partial charge in [-0.25, -0.2) is 14.4 Å². The number of rotatable bonds is 6. The standard InChI is InChI=1S/C26H23FN2O4/c1-2-16-32-21-14-12-19(13-15-21)28-25(30)22-23(17-8-10-18(27)11-9-17)29(33-24(22)26(28)31)20-6-4-3-5-7-20/h3-15,22-24H,2,16H2,1H3/t22-,23-,24+/m0/s1. The van der Waals surface area contributed by atoms with E-state index in [1.807, 2.05) is 37.3 Å². The van der Waals surface area contributed by atoms with Gasteiger partial charge in [0.05, 0.1) is 24.0 Å². The number of hydrogen-bond donors (Lipinski definition) is 0. The van der Waals surface area contributed by atoms with Gasteiger partial charge in [-0.1, -0.05) is 37.3 Å². The first-order valence-corrected chi connectivity index (χ1v) is 11.0. The van der Waals surface area contributed by atoms with Crippen LogP contribution in [0.3, 0.4) is 0 Å². The Morgan fingerprint density at radius 2 is 1.58 bits per heavy atom. The zero-order valence-corrected chi connectivity index (χ0v) is 18.1. The summed E-state index contributed by atoms with van der Waals surface area (Å²) in [5.74, 6) is -1.23. The number of hydrogen-bond acceptors (Lipinski definition) is 5. The maximum atomic E-state index is 13.6. The monoisotopic (exact) mass is 446 g/mol. The summed E-state index contributed by atoms with van der Waals surface area (Å²) < 4.78 is 19.2. The first-order valence-electron chi connectivity index (χ1n) is 11.0. The molecule has 7 heteroatoms. The number of fused-ring (bicyclic) bond motifs is 1. The summed E-state index contributed by atoms with van der Waals surface area (Å²) in [4.78, 5) is 34.2. The van der Waals surface area contributed by atoms with E-state index in [0.717, 1.165) is 6.42 Å². The van der Waals surface area contributed by atoms with Gasteiger partial charge < -0.3 is 4.74 Å². The fourth-order valence-corrected chi connectivity index (χ4v) is 4.38. The lowest BCUT2D eigenvalue weighted by atomic mass is 9.90. The number of halogens is 1. The summed E-state index contributed by atoms with van der Waals surface area (Å²) in [7, 11) is 0. The van der Waals surface area contributed by atoms with Crippen molar-refractivity contribution in [2.45, 2.75) is 25.5 Å². The maximum absolute atomic E-state index is 13.6. The largest absolute Gasteiger partial charge is 0.494 e. The van der Waals surface area contributed by atoms with Gasteiger partial charge in [0.1, 0.15) is 17.5 Å². The molecule has 0 saturated carbocycles. The molecule has 3 atom stereocenters. The van der Waals surface area contributed by atoms with Crippen LogP contribution < -0.4 is 14.7 Å². The Bertz CT molecular complexity index is 1150. The molecule has 0 N–H and O–H groups in total. The lowest BCUT2D eigenvalue weighted by molar-refractivity contribution is -0.126. The lowest BCUT2D eigenvalue weighted by Gasteiger charge is -2.28. The van der Waals surface area contributed by atoms with Crippen molar-refractivity contribution in [1.29, 1.82) is 0 Å². The fourth-order valence-electron chi connectivity index (χ4n) is 4.38. The van der Waals surface area contributed by atoms with Gasteiger partial charge in [-0.2, -0.15) is 0 Å². The summed E-state index contributed by atoms with van der Waals surface area (Å²) in [5, 5.41) is 1.59. The Morgan fingerprint density at radius 3 is 2.24 bits per heavy atom. The molecule has 3 aromatic rings. The van der Waals surface area contributed by atoms with Gasteiger partial charge in [-0.05, 0) is 60.5 Å². The van der Waals surface area contributed by atoms with E-state index in [2.05, 4.69) is 0 Å². The van der Waals surface area contributed by atoms with E-state index in [1.165, 1.54) is 17.0 Å². The SMILES string of the molecule is CCCOc1ccc(N2C(=O)[C@@H]3[C@@H](ON(c4ccccc4)[C@H]3c3ccc(F)cc3)C2=O)cc1. The summed E-state index contributed by atoms with van der Waals surface area (Å²) in [6.45, 7) is 2.61. The summed E-state index contributed by atoms with van der Waals surface area (Å²) in [6.07, 6.45) is -0.0856. The highest BCUT2D eigenvalue weighted by Crippen LogP contribution is 2.47. The van der Waals surface area contributed by atoms with Crippen LogP contribution in [0.1, 0.15) is 24.9 Å². The minimum Gasteiger partial charge on any atom is -0.494 e. The number of anilines is 2. The van der Waals surface area contributed by atoms with Crippen molar-refractivity contribution in [2.24, 2.45) is 5.92 Å². The molecular formula is C26H23FN2O4. The quantitative estimate of drug-likeness (QED) is 0.515. The molecule has 2 aliphatic rings. The Labute approximate surface area is 191 Å². The highest BCUT2D eigenvalue weighted by atomic mass is 19.1. The molecule has 168 valence electrons. The summed E-state index contributed by atoms with van der Waals surface area (Å²) >= 11 is 0. The number of hydroxylamine groups is 1. The third kappa shape index (κ3) is 3.74. The molecule has 2 aliphatic heterocycles. The molecule has 0 radical (unpaired) electrons. The molecule has 3 aromatic carbocycles. The van der Waals surface area contributed by atoms with Crippen molar-refractivity contribution < 1.29 is 23.6 Å². The first-order chi connectivity index (χ1) is 16.1. The molecule has 2 amide bonds. The van der Waals surface area contributed by atoms with Crippen LogP contribution in [0, 0.1) is 11.7 Å². The predicted octanol–water partition coefficient (Wildman–Crippen LogP) is 4.67. The highest BCUT2D eigenvalue weighted by molar-refractivity contribution is 6.23. The van der Waals surface area contributed by atoms with Crippen LogP contribution in [0.5, 0.6) is 5.75 Å². The zero-order valence-electron chi connectivity index (χ0n) is 18.1. The molecule has 0 unspecified atom stereocenters. The molecule has 6 nitrogen and oxygen atoms in total. The number of carbonyl (C=O) groups excluding carboxylic acids is 2. The molecule has 0 bridgehead atoms. The van der Waals surface area contributed by atoms with Crippen molar-refractivity contribution >= 4 is 23.2 Å². The molecular weight excluding hydrogens is 423 g/mol. The van der Waals surface area contributed by atoms with Crippen molar-refractivity contribution in [3.63, 3.8) is 0 Å². The third-order valence-electron chi connectivity index (χ3n) is 5.91. The third-order valence-corrected chi connectivity index (χ3v) is 5.91. The Morgan fingerprint density at radius 1 is 0.879 bits per heavy atom. The van der Waals surface area contributed by atoms with E-state index in [0.29, 0.717) is 29.3 Å². The van der Waals surface area contributed by atoms with E-state index >= 15 is 0 Å². The van der Waals surface area contributed by atoms with E-state index in [4.69, 9.17) is 9.57 Å². The second-order valence-corrected chi connectivity index (χ2v) is 8.06. The first kappa shape index (κ1) is 21.2. The Hall–Kier alpha value is -3.71. The second kappa shape index (κ2) is 8.67. The predicted molar refractivity (Wildman–Crippen MR) is 121 cm³/mol. The van der Waals surface area contributed by atoms with Crippen molar-refractivity contribution in [1.82, 2.24) is 0 Å². The number of imide groups is 1. The number of carbonyl (C=O) groups is 2. The fraction of sp³-hybridized carbons (Fsp3) is 0.231. The van der Waals surface area contributed by atoms with Crippen molar-refractivity contribution in [3.05, 3.63) is 90.2 Å².